The molecule has 3 rings (SSSR count). The first-order valence-electron chi connectivity index (χ1n) is 5.79. The maximum atomic E-state index is 11.0. The third-order valence-electron chi connectivity index (χ3n) is 2.70. The van der Waals surface area contributed by atoms with Crippen LogP contribution in [0, 0.1) is 0 Å². The van der Waals surface area contributed by atoms with E-state index >= 15 is 0 Å². The molecule has 0 bridgehead atoms. The highest BCUT2D eigenvalue weighted by Gasteiger charge is 2.04. The van der Waals surface area contributed by atoms with Crippen molar-refractivity contribution in [3.63, 3.8) is 0 Å². The number of aromatic nitrogens is 2. The quantitative estimate of drug-likeness (QED) is 0.776. The summed E-state index contributed by atoms with van der Waals surface area (Å²) in [5.41, 5.74) is 2.86. The van der Waals surface area contributed by atoms with Crippen LogP contribution < -0.4 is 5.32 Å². The topological polar surface area (TPSA) is 54.9 Å². The standard InChI is InChI=1S/C14H11N3OS/c1-9(18)16-13-3-2-10-6-12(7-15-14(10)17-13)11-4-5-19-8-11/h2-8H,1H3,(H,15,16,17,18). The van der Waals surface area contributed by atoms with Crippen LogP contribution in [0.4, 0.5) is 5.82 Å². The van der Waals surface area contributed by atoms with Crippen LogP contribution in [0.3, 0.4) is 0 Å². The Morgan fingerprint density at radius 1 is 1.26 bits per heavy atom. The molecule has 5 heteroatoms. The van der Waals surface area contributed by atoms with E-state index in [1.54, 1.807) is 23.6 Å². The van der Waals surface area contributed by atoms with Crippen molar-refractivity contribution in [3.05, 3.63) is 41.2 Å². The molecule has 0 aliphatic heterocycles. The molecular formula is C14H11N3OS. The number of nitrogens with zero attached hydrogens (tertiary/aromatic N) is 2. The maximum Gasteiger partial charge on any atom is 0.222 e. The molecule has 0 atom stereocenters. The van der Waals surface area contributed by atoms with Crippen LogP contribution in [-0.2, 0) is 4.79 Å². The Balaban J connectivity index is 2.03. The smallest absolute Gasteiger partial charge is 0.222 e. The van der Waals surface area contributed by atoms with E-state index in [9.17, 15) is 4.79 Å². The summed E-state index contributed by atoms with van der Waals surface area (Å²) in [6, 6.07) is 7.81. The zero-order chi connectivity index (χ0) is 13.2. The number of hydrogen-bond acceptors (Lipinski definition) is 4. The lowest BCUT2D eigenvalue weighted by atomic mass is 10.1. The molecule has 1 amide bonds. The summed E-state index contributed by atoms with van der Waals surface area (Å²) in [5.74, 6) is 0.387. The van der Waals surface area contributed by atoms with E-state index in [0.29, 0.717) is 11.5 Å². The van der Waals surface area contributed by atoms with Crippen molar-refractivity contribution in [2.24, 2.45) is 0 Å². The summed E-state index contributed by atoms with van der Waals surface area (Å²) < 4.78 is 0. The van der Waals surface area contributed by atoms with Gasteiger partial charge in [0.2, 0.25) is 5.91 Å². The molecule has 3 aromatic heterocycles. The van der Waals surface area contributed by atoms with Crippen molar-refractivity contribution in [3.8, 4) is 11.1 Å². The van der Waals surface area contributed by atoms with Gasteiger partial charge < -0.3 is 5.32 Å². The fourth-order valence-corrected chi connectivity index (χ4v) is 2.51. The Morgan fingerprint density at radius 2 is 2.16 bits per heavy atom. The first-order chi connectivity index (χ1) is 9.22. The molecule has 0 aliphatic carbocycles. The number of rotatable bonds is 2. The fraction of sp³-hybridized carbons (Fsp3) is 0.0714. The fourth-order valence-electron chi connectivity index (χ4n) is 1.85. The molecule has 3 aromatic rings. The summed E-state index contributed by atoms with van der Waals surface area (Å²) in [6.45, 7) is 1.46. The van der Waals surface area contributed by atoms with Gasteiger partial charge in [0.1, 0.15) is 5.82 Å². The first kappa shape index (κ1) is 11.8. The van der Waals surface area contributed by atoms with Gasteiger partial charge in [0.05, 0.1) is 0 Å². The summed E-state index contributed by atoms with van der Waals surface area (Å²) in [6.07, 6.45) is 1.80. The molecule has 4 nitrogen and oxygen atoms in total. The number of fused-ring (bicyclic) bond motifs is 1. The van der Waals surface area contributed by atoms with Crippen LogP contribution in [0.1, 0.15) is 6.92 Å². The van der Waals surface area contributed by atoms with Crippen LogP contribution in [0.2, 0.25) is 0 Å². The van der Waals surface area contributed by atoms with Crippen molar-refractivity contribution in [1.29, 1.82) is 0 Å². The summed E-state index contributed by atoms with van der Waals surface area (Å²) in [7, 11) is 0. The van der Waals surface area contributed by atoms with Gasteiger partial charge in [-0.25, -0.2) is 9.97 Å². The summed E-state index contributed by atoms with van der Waals surface area (Å²) >= 11 is 1.66. The third kappa shape index (κ3) is 2.46. The molecule has 19 heavy (non-hydrogen) atoms. The molecular weight excluding hydrogens is 258 g/mol. The zero-order valence-corrected chi connectivity index (χ0v) is 11.1. The number of amides is 1. The van der Waals surface area contributed by atoms with E-state index < -0.39 is 0 Å². The third-order valence-corrected chi connectivity index (χ3v) is 3.38. The Bertz CT molecular complexity index is 738. The number of nitrogens with one attached hydrogen (secondary N) is 1. The van der Waals surface area contributed by atoms with Gasteiger partial charge in [-0.2, -0.15) is 11.3 Å². The van der Waals surface area contributed by atoms with Gasteiger partial charge in [0.15, 0.2) is 5.65 Å². The highest BCUT2D eigenvalue weighted by molar-refractivity contribution is 7.08. The minimum absolute atomic E-state index is 0.137. The number of hydrogen-bond donors (Lipinski definition) is 1. The van der Waals surface area contributed by atoms with Crippen LogP contribution in [-0.4, -0.2) is 15.9 Å². The van der Waals surface area contributed by atoms with Gasteiger partial charge >= 0.3 is 0 Å². The molecule has 0 aliphatic rings. The predicted octanol–water partition coefficient (Wildman–Crippen LogP) is 3.32. The predicted molar refractivity (Wildman–Crippen MR) is 77.2 cm³/mol. The van der Waals surface area contributed by atoms with Crippen LogP contribution in [0.25, 0.3) is 22.2 Å². The molecule has 0 saturated carbocycles. The molecule has 1 N–H and O–H groups in total. The van der Waals surface area contributed by atoms with E-state index in [4.69, 9.17) is 0 Å². The van der Waals surface area contributed by atoms with Crippen molar-refractivity contribution in [2.45, 2.75) is 6.92 Å². The Hall–Kier alpha value is -2.27. The van der Waals surface area contributed by atoms with Gasteiger partial charge in [-0.1, -0.05) is 0 Å². The lowest BCUT2D eigenvalue weighted by molar-refractivity contribution is -0.114. The van der Waals surface area contributed by atoms with E-state index in [1.807, 2.05) is 11.4 Å². The average Bonchev–Trinajstić information content (AvgIpc) is 2.91. The highest BCUT2D eigenvalue weighted by atomic mass is 32.1. The number of pyridine rings is 2. The summed E-state index contributed by atoms with van der Waals surface area (Å²) in [4.78, 5) is 19.6. The van der Waals surface area contributed by atoms with Crippen LogP contribution in [0.15, 0.2) is 41.2 Å². The van der Waals surface area contributed by atoms with Gasteiger partial charge in [-0.05, 0) is 40.6 Å². The molecule has 94 valence electrons. The molecule has 0 unspecified atom stereocenters. The molecule has 0 fully saturated rings. The minimum atomic E-state index is -0.137. The van der Waals surface area contributed by atoms with E-state index in [0.717, 1.165) is 16.5 Å². The van der Waals surface area contributed by atoms with Crippen LogP contribution in [0.5, 0.6) is 0 Å². The van der Waals surface area contributed by atoms with E-state index in [2.05, 4.69) is 32.8 Å². The SMILES string of the molecule is CC(=O)Nc1ccc2cc(-c3ccsc3)cnc2n1. The van der Waals surface area contributed by atoms with Crippen molar-refractivity contribution >= 4 is 34.1 Å². The van der Waals surface area contributed by atoms with Gasteiger partial charge in [0, 0.05) is 24.1 Å². The Kier molecular flexibility index (Phi) is 2.97. The second kappa shape index (κ2) is 4.78. The largest absolute Gasteiger partial charge is 0.311 e. The second-order valence-corrected chi connectivity index (χ2v) is 4.94. The summed E-state index contributed by atoms with van der Waals surface area (Å²) in [5, 5.41) is 7.73. The van der Waals surface area contributed by atoms with E-state index in [-0.39, 0.29) is 5.91 Å². The number of thiophene rings is 1. The van der Waals surface area contributed by atoms with Crippen LogP contribution >= 0.6 is 11.3 Å². The number of anilines is 1. The second-order valence-electron chi connectivity index (χ2n) is 4.16. The van der Waals surface area contributed by atoms with Crippen molar-refractivity contribution < 1.29 is 4.79 Å². The minimum Gasteiger partial charge on any atom is -0.311 e. The van der Waals surface area contributed by atoms with Gasteiger partial charge in [0.25, 0.3) is 0 Å². The molecule has 0 spiro atoms. The molecule has 0 aromatic carbocycles. The lowest BCUT2D eigenvalue weighted by Crippen LogP contribution is -2.07. The van der Waals surface area contributed by atoms with Crippen molar-refractivity contribution in [1.82, 2.24) is 9.97 Å². The van der Waals surface area contributed by atoms with E-state index in [1.165, 1.54) is 6.92 Å². The first-order valence-corrected chi connectivity index (χ1v) is 6.73. The van der Waals surface area contributed by atoms with Gasteiger partial charge in [-0.3, -0.25) is 4.79 Å². The number of carbonyl (C=O) groups is 1. The van der Waals surface area contributed by atoms with Gasteiger partial charge in [-0.15, -0.1) is 0 Å². The molecule has 0 radical (unpaired) electrons. The lowest BCUT2D eigenvalue weighted by Gasteiger charge is -2.04. The Morgan fingerprint density at radius 3 is 2.89 bits per heavy atom. The molecule has 3 heterocycles. The zero-order valence-electron chi connectivity index (χ0n) is 10.3. The average molecular weight is 269 g/mol. The maximum absolute atomic E-state index is 11.0. The normalized spacial score (nSPS) is 10.6. The van der Waals surface area contributed by atoms with Crippen molar-refractivity contribution in [2.75, 3.05) is 5.32 Å². The Labute approximate surface area is 114 Å². The highest BCUT2D eigenvalue weighted by Crippen LogP contribution is 2.24. The monoisotopic (exact) mass is 269 g/mol. The number of carbonyl (C=O) groups excluding carboxylic acids is 1. The molecule has 0 saturated heterocycles.